The molecule has 1 aliphatic rings. The van der Waals surface area contributed by atoms with Gasteiger partial charge in [0.25, 0.3) is 0 Å². The van der Waals surface area contributed by atoms with Gasteiger partial charge in [0.1, 0.15) is 5.75 Å². The predicted octanol–water partition coefficient (Wildman–Crippen LogP) is 3.70. The SMILES string of the molecule is CN=C(NCc1ccccc1OC1CCC1)NC(C)(C)C.I. The van der Waals surface area contributed by atoms with Crippen LogP contribution < -0.4 is 15.4 Å². The maximum absolute atomic E-state index is 6.05. The lowest BCUT2D eigenvalue weighted by Gasteiger charge is -2.28. The fraction of sp³-hybridized carbons (Fsp3) is 0.588. The largest absolute Gasteiger partial charge is 0.490 e. The van der Waals surface area contributed by atoms with Gasteiger partial charge in [0.2, 0.25) is 0 Å². The number of nitrogens with zero attached hydrogens (tertiary/aromatic N) is 1. The van der Waals surface area contributed by atoms with Gasteiger partial charge >= 0.3 is 0 Å². The summed E-state index contributed by atoms with van der Waals surface area (Å²) in [5.41, 5.74) is 1.16. The maximum Gasteiger partial charge on any atom is 0.191 e. The Hall–Kier alpha value is -0.980. The van der Waals surface area contributed by atoms with Crippen LogP contribution in [0.4, 0.5) is 0 Å². The number of para-hydroxylation sites is 1. The third-order valence-electron chi connectivity index (χ3n) is 3.48. The molecule has 0 heterocycles. The third kappa shape index (κ3) is 6.02. The fourth-order valence-electron chi connectivity index (χ4n) is 2.15. The fourth-order valence-corrected chi connectivity index (χ4v) is 2.15. The summed E-state index contributed by atoms with van der Waals surface area (Å²) >= 11 is 0. The molecule has 0 saturated heterocycles. The van der Waals surface area contributed by atoms with E-state index in [2.05, 4.69) is 48.5 Å². The van der Waals surface area contributed by atoms with E-state index in [-0.39, 0.29) is 29.5 Å². The molecular formula is C17H28IN3O. The second-order valence-corrected chi connectivity index (χ2v) is 6.58. The molecule has 0 spiro atoms. The molecule has 1 fully saturated rings. The van der Waals surface area contributed by atoms with E-state index in [0.717, 1.165) is 11.7 Å². The zero-order valence-corrected chi connectivity index (χ0v) is 16.3. The van der Waals surface area contributed by atoms with Crippen LogP contribution in [0.15, 0.2) is 29.3 Å². The summed E-state index contributed by atoms with van der Waals surface area (Å²) in [7, 11) is 1.79. The topological polar surface area (TPSA) is 45.7 Å². The van der Waals surface area contributed by atoms with Crippen molar-refractivity contribution in [2.45, 2.75) is 58.2 Å². The molecule has 1 aromatic carbocycles. The second kappa shape index (κ2) is 8.60. The summed E-state index contributed by atoms with van der Waals surface area (Å²) in [5, 5.41) is 6.71. The predicted molar refractivity (Wildman–Crippen MR) is 103 cm³/mol. The number of nitrogens with one attached hydrogen (secondary N) is 2. The molecule has 4 nitrogen and oxygen atoms in total. The molecule has 1 aliphatic carbocycles. The number of halogens is 1. The number of rotatable bonds is 4. The first-order valence-corrected chi connectivity index (χ1v) is 7.71. The Kier molecular flexibility index (Phi) is 7.45. The minimum absolute atomic E-state index is 0. The molecule has 124 valence electrons. The van der Waals surface area contributed by atoms with Crippen molar-refractivity contribution in [2.75, 3.05) is 7.05 Å². The van der Waals surface area contributed by atoms with E-state index in [1.54, 1.807) is 7.05 Å². The lowest BCUT2D eigenvalue weighted by molar-refractivity contribution is 0.119. The van der Waals surface area contributed by atoms with Crippen molar-refractivity contribution in [2.24, 2.45) is 4.99 Å². The van der Waals surface area contributed by atoms with Crippen LogP contribution in [-0.4, -0.2) is 24.7 Å². The van der Waals surface area contributed by atoms with Crippen LogP contribution in [0.25, 0.3) is 0 Å². The Balaban J connectivity index is 0.00000242. The second-order valence-electron chi connectivity index (χ2n) is 6.58. The van der Waals surface area contributed by atoms with Crippen LogP contribution in [-0.2, 0) is 6.54 Å². The standard InChI is InChI=1S/C17H27N3O.HI/c1-17(2,3)20-16(18-4)19-12-13-8-5-6-11-15(13)21-14-9-7-10-14;/h5-6,8,11,14H,7,9-10,12H2,1-4H3,(H2,18,19,20);1H. The van der Waals surface area contributed by atoms with Gasteiger partial charge < -0.3 is 15.4 Å². The summed E-state index contributed by atoms with van der Waals surface area (Å²) in [6.07, 6.45) is 4.04. The highest BCUT2D eigenvalue weighted by Crippen LogP contribution is 2.27. The van der Waals surface area contributed by atoms with E-state index in [9.17, 15) is 0 Å². The van der Waals surface area contributed by atoms with Crippen molar-refractivity contribution in [1.82, 2.24) is 10.6 Å². The van der Waals surface area contributed by atoms with Gasteiger partial charge in [-0.05, 0) is 46.1 Å². The van der Waals surface area contributed by atoms with E-state index in [1.165, 1.54) is 24.8 Å². The highest BCUT2D eigenvalue weighted by Gasteiger charge is 2.20. The van der Waals surface area contributed by atoms with E-state index < -0.39 is 0 Å². The Bertz CT molecular complexity index is 493. The highest BCUT2D eigenvalue weighted by molar-refractivity contribution is 14.0. The highest BCUT2D eigenvalue weighted by atomic mass is 127. The molecule has 0 unspecified atom stereocenters. The average molecular weight is 417 g/mol. The van der Waals surface area contributed by atoms with E-state index in [4.69, 9.17) is 4.74 Å². The molecular weight excluding hydrogens is 389 g/mol. The smallest absolute Gasteiger partial charge is 0.191 e. The van der Waals surface area contributed by atoms with Gasteiger partial charge in [-0.15, -0.1) is 24.0 Å². The van der Waals surface area contributed by atoms with Crippen LogP contribution in [0, 0.1) is 0 Å². The minimum Gasteiger partial charge on any atom is -0.490 e. The molecule has 0 amide bonds. The monoisotopic (exact) mass is 417 g/mol. The van der Waals surface area contributed by atoms with Crippen molar-refractivity contribution in [3.05, 3.63) is 29.8 Å². The average Bonchev–Trinajstić information content (AvgIpc) is 2.38. The van der Waals surface area contributed by atoms with Crippen molar-refractivity contribution in [1.29, 1.82) is 0 Å². The summed E-state index contributed by atoms with van der Waals surface area (Å²) in [6, 6.07) is 8.23. The Morgan fingerprint density at radius 1 is 1.27 bits per heavy atom. The Labute approximate surface area is 151 Å². The van der Waals surface area contributed by atoms with Crippen LogP contribution >= 0.6 is 24.0 Å². The van der Waals surface area contributed by atoms with Gasteiger partial charge in [-0.1, -0.05) is 18.2 Å². The maximum atomic E-state index is 6.05. The van der Waals surface area contributed by atoms with Crippen LogP contribution in [0.2, 0.25) is 0 Å². The van der Waals surface area contributed by atoms with Gasteiger partial charge in [0.15, 0.2) is 5.96 Å². The van der Waals surface area contributed by atoms with Crippen LogP contribution in [0.3, 0.4) is 0 Å². The van der Waals surface area contributed by atoms with Crippen LogP contribution in [0.5, 0.6) is 5.75 Å². The zero-order chi connectivity index (χ0) is 15.3. The molecule has 0 radical (unpaired) electrons. The van der Waals surface area contributed by atoms with Crippen molar-refractivity contribution in [3.63, 3.8) is 0 Å². The van der Waals surface area contributed by atoms with Crippen molar-refractivity contribution in [3.8, 4) is 5.75 Å². The zero-order valence-electron chi connectivity index (χ0n) is 14.0. The summed E-state index contributed by atoms with van der Waals surface area (Å²) < 4.78 is 6.05. The van der Waals surface area contributed by atoms with Crippen LogP contribution in [0.1, 0.15) is 45.6 Å². The molecule has 0 bridgehead atoms. The molecule has 2 N–H and O–H groups in total. The van der Waals surface area contributed by atoms with Gasteiger partial charge in [-0.25, -0.2) is 0 Å². The number of aliphatic imine (C=N–C) groups is 1. The normalized spacial score (nSPS) is 15.5. The number of hydrogen-bond donors (Lipinski definition) is 2. The number of hydrogen-bond acceptors (Lipinski definition) is 2. The lowest BCUT2D eigenvalue weighted by Crippen LogP contribution is -2.47. The molecule has 0 atom stereocenters. The first kappa shape index (κ1) is 19.1. The Morgan fingerprint density at radius 3 is 2.50 bits per heavy atom. The van der Waals surface area contributed by atoms with E-state index in [1.807, 2.05) is 12.1 Å². The molecule has 1 saturated carbocycles. The van der Waals surface area contributed by atoms with Gasteiger partial charge in [-0.3, -0.25) is 4.99 Å². The lowest BCUT2D eigenvalue weighted by atomic mass is 9.96. The summed E-state index contributed by atoms with van der Waals surface area (Å²) in [5.74, 6) is 1.79. The number of ether oxygens (including phenoxy) is 1. The minimum atomic E-state index is -0.0101. The molecule has 1 aromatic rings. The number of guanidine groups is 1. The summed E-state index contributed by atoms with van der Waals surface area (Å²) in [4.78, 5) is 4.26. The Morgan fingerprint density at radius 2 is 1.95 bits per heavy atom. The first-order valence-electron chi connectivity index (χ1n) is 7.71. The molecule has 2 rings (SSSR count). The van der Waals surface area contributed by atoms with Gasteiger partial charge in [-0.2, -0.15) is 0 Å². The third-order valence-corrected chi connectivity index (χ3v) is 3.48. The van der Waals surface area contributed by atoms with E-state index in [0.29, 0.717) is 12.6 Å². The van der Waals surface area contributed by atoms with Crippen molar-refractivity contribution < 1.29 is 4.74 Å². The molecule has 5 heteroatoms. The molecule has 0 aromatic heterocycles. The quantitative estimate of drug-likeness (QED) is 0.446. The van der Waals surface area contributed by atoms with Crippen molar-refractivity contribution >= 4 is 29.9 Å². The van der Waals surface area contributed by atoms with Gasteiger partial charge in [0.05, 0.1) is 6.10 Å². The van der Waals surface area contributed by atoms with E-state index >= 15 is 0 Å². The first-order chi connectivity index (χ1) is 9.98. The molecule has 22 heavy (non-hydrogen) atoms. The molecule has 0 aliphatic heterocycles. The summed E-state index contributed by atoms with van der Waals surface area (Å²) in [6.45, 7) is 7.06. The number of benzene rings is 1. The van der Waals surface area contributed by atoms with Gasteiger partial charge in [0, 0.05) is 24.7 Å².